The zero-order valence-corrected chi connectivity index (χ0v) is 15.7. The molecule has 1 unspecified atom stereocenters. The average Bonchev–Trinajstić information content (AvgIpc) is 2.91. The molecule has 4 atom stereocenters. The predicted octanol–water partition coefficient (Wildman–Crippen LogP) is 2.44. The summed E-state index contributed by atoms with van der Waals surface area (Å²) in [6, 6.07) is 11.1. The molecule has 1 aromatic carbocycles. The Morgan fingerprint density at radius 2 is 2.09 bits per heavy atom. The molecule has 3 fully saturated rings. The van der Waals surface area contributed by atoms with Gasteiger partial charge < -0.3 is 0 Å². The third-order valence-corrected chi connectivity index (χ3v) is 8.48. The Morgan fingerprint density at radius 3 is 2.91 bits per heavy atom. The van der Waals surface area contributed by atoms with E-state index in [1.54, 1.807) is 11.6 Å². The Bertz CT molecular complexity index is 525. The molecule has 0 amide bonds. The molecule has 0 aromatic heterocycles. The van der Waals surface area contributed by atoms with E-state index in [0.29, 0.717) is 33.4 Å². The number of hydrogen-bond donors (Lipinski definition) is 0. The van der Waals surface area contributed by atoms with E-state index in [-0.39, 0.29) is 0 Å². The SMILES string of the molecule is COCO[C@@H]1CC[C@]23CC([Se]c4ccccc4)CN2CC[C@H]1C3. The summed E-state index contributed by atoms with van der Waals surface area (Å²) in [5.74, 6) is 0.748. The molecule has 3 aliphatic rings. The topological polar surface area (TPSA) is 21.7 Å². The zero-order valence-electron chi connectivity index (χ0n) is 13.9. The van der Waals surface area contributed by atoms with Crippen LogP contribution in [0.3, 0.4) is 0 Å². The number of methoxy groups -OCH3 is 1. The number of piperidine rings is 1. The van der Waals surface area contributed by atoms with Gasteiger partial charge in [0.05, 0.1) is 0 Å². The van der Waals surface area contributed by atoms with Gasteiger partial charge >= 0.3 is 146 Å². The summed E-state index contributed by atoms with van der Waals surface area (Å²) in [5, 5.41) is 0. The standard InChI is InChI=1S/C19H27NO2Se/c1-21-14-22-18-7-9-19-11-15(18)8-10-20(19)13-17(12-19)23-16-5-3-2-4-6-16/h2-6,15,17-18H,7-14H2,1H3/t15-,17?,18+,19-/m0/s1. The molecular formula is C19H27NO2Se. The van der Waals surface area contributed by atoms with Crippen LogP contribution in [0.25, 0.3) is 0 Å². The summed E-state index contributed by atoms with van der Waals surface area (Å²) in [5.41, 5.74) is 0.497. The van der Waals surface area contributed by atoms with Crippen LogP contribution in [0.15, 0.2) is 30.3 Å². The first kappa shape index (κ1) is 16.1. The number of benzene rings is 1. The fourth-order valence-electron chi connectivity index (χ4n) is 4.98. The summed E-state index contributed by atoms with van der Waals surface area (Å²) in [6.07, 6.45) is 7.04. The van der Waals surface area contributed by atoms with Gasteiger partial charge in [0.15, 0.2) is 0 Å². The molecule has 2 bridgehead atoms. The van der Waals surface area contributed by atoms with Gasteiger partial charge in [-0.3, -0.25) is 0 Å². The molecule has 0 N–H and O–H groups in total. The number of ether oxygens (including phenoxy) is 2. The van der Waals surface area contributed by atoms with E-state index in [1.807, 2.05) is 0 Å². The van der Waals surface area contributed by atoms with Gasteiger partial charge in [0.1, 0.15) is 0 Å². The quantitative estimate of drug-likeness (QED) is 0.579. The van der Waals surface area contributed by atoms with Gasteiger partial charge in [0.2, 0.25) is 0 Å². The molecule has 126 valence electrons. The van der Waals surface area contributed by atoms with Crippen LogP contribution < -0.4 is 4.46 Å². The van der Waals surface area contributed by atoms with E-state index in [4.69, 9.17) is 9.47 Å². The van der Waals surface area contributed by atoms with E-state index in [9.17, 15) is 0 Å². The van der Waals surface area contributed by atoms with Crippen LogP contribution >= 0.6 is 0 Å². The Balaban J connectivity index is 1.41. The second kappa shape index (κ2) is 6.85. The molecule has 1 spiro atoms. The third kappa shape index (κ3) is 3.25. The van der Waals surface area contributed by atoms with Crippen molar-refractivity contribution in [1.82, 2.24) is 4.90 Å². The molecule has 3 nitrogen and oxygen atoms in total. The Labute approximate surface area is 145 Å². The monoisotopic (exact) mass is 381 g/mol. The Morgan fingerprint density at radius 1 is 1.22 bits per heavy atom. The molecule has 2 saturated heterocycles. The van der Waals surface area contributed by atoms with Gasteiger partial charge in [0.25, 0.3) is 0 Å². The van der Waals surface area contributed by atoms with Gasteiger partial charge in [-0.25, -0.2) is 0 Å². The molecule has 2 heterocycles. The predicted molar refractivity (Wildman–Crippen MR) is 93.2 cm³/mol. The van der Waals surface area contributed by atoms with Crippen LogP contribution in [0.2, 0.25) is 4.82 Å². The van der Waals surface area contributed by atoms with Crippen LogP contribution in [0.1, 0.15) is 32.1 Å². The van der Waals surface area contributed by atoms with Crippen molar-refractivity contribution in [3.8, 4) is 0 Å². The van der Waals surface area contributed by atoms with Gasteiger partial charge in [-0.1, -0.05) is 0 Å². The van der Waals surface area contributed by atoms with E-state index in [1.165, 1.54) is 45.2 Å². The molecular weight excluding hydrogens is 353 g/mol. The fourth-order valence-corrected chi connectivity index (χ4v) is 7.81. The summed E-state index contributed by atoms with van der Waals surface area (Å²) in [4.78, 5) is 3.73. The van der Waals surface area contributed by atoms with Gasteiger partial charge in [-0.05, 0) is 0 Å². The molecule has 0 radical (unpaired) electrons. The molecule has 1 saturated carbocycles. The number of fused-ring (bicyclic) bond motifs is 1. The van der Waals surface area contributed by atoms with Crippen LogP contribution in [0.4, 0.5) is 0 Å². The van der Waals surface area contributed by atoms with Crippen LogP contribution in [0, 0.1) is 5.92 Å². The number of hydrogen-bond acceptors (Lipinski definition) is 3. The Hall–Kier alpha value is -0.381. The molecule has 1 aliphatic carbocycles. The van der Waals surface area contributed by atoms with Crippen molar-refractivity contribution >= 4 is 19.4 Å². The zero-order chi connectivity index (χ0) is 15.7. The number of rotatable bonds is 5. The average molecular weight is 380 g/mol. The van der Waals surface area contributed by atoms with Crippen molar-refractivity contribution in [1.29, 1.82) is 0 Å². The normalized spacial score (nSPS) is 36.8. The van der Waals surface area contributed by atoms with Crippen LogP contribution in [-0.4, -0.2) is 58.5 Å². The first-order chi connectivity index (χ1) is 11.3. The van der Waals surface area contributed by atoms with Crippen molar-refractivity contribution < 1.29 is 9.47 Å². The van der Waals surface area contributed by atoms with Crippen molar-refractivity contribution in [2.24, 2.45) is 5.92 Å². The second-order valence-corrected chi connectivity index (χ2v) is 10.2. The van der Waals surface area contributed by atoms with E-state index >= 15 is 0 Å². The molecule has 1 aromatic rings. The van der Waals surface area contributed by atoms with E-state index in [2.05, 4.69) is 35.2 Å². The molecule has 2 aliphatic heterocycles. The summed E-state index contributed by atoms with van der Waals surface area (Å²) < 4.78 is 12.6. The molecule has 23 heavy (non-hydrogen) atoms. The maximum absolute atomic E-state index is 5.95. The maximum atomic E-state index is 5.95. The minimum absolute atomic E-state index is 0.432. The first-order valence-corrected chi connectivity index (χ1v) is 10.7. The van der Waals surface area contributed by atoms with Gasteiger partial charge in [-0.2, -0.15) is 0 Å². The third-order valence-electron chi connectivity index (χ3n) is 5.98. The van der Waals surface area contributed by atoms with Crippen molar-refractivity contribution in [3.63, 3.8) is 0 Å². The van der Waals surface area contributed by atoms with E-state index in [0.717, 1.165) is 10.7 Å². The van der Waals surface area contributed by atoms with Crippen molar-refractivity contribution in [2.75, 3.05) is 27.0 Å². The van der Waals surface area contributed by atoms with Gasteiger partial charge in [0, 0.05) is 0 Å². The number of nitrogens with zero attached hydrogens (tertiary/aromatic N) is 1. The van der Waals surface area contributed by atoms with E-state index < -0.39 is 0 Å². The minimum atomic E-state index is 0.432. The van der Waals surface area contributed by atoms with Crippen molar-refractivity contribution in [2.45, 2.75) is 48.6 Å². The van der Waals surface area contributed by atoms with Crippen molar-refractivity contribution in [3.05, 3.63) is 30.3 Å². The van der Waals surface area contributed by atoms with Gasteiger partial charge in [-0.15, -0.1) is 0 Å². The Kier molecular flexibility index (Phi) is 4.80. The molecule has 4 heteroatoms. The summed E-state index contributed by atoms with van der Waals surface area (Å²) >= 11 is 0.617. The van der Waals surface area contributed by atoms with Crippen LogP contribution in [0.5, 0.6) is 0 Å². The summed E-state index contributed by atoms with van der Waals surface area (Å²) in [6.45, 7) is 3.06. The first-order valence-electron chi connectivity index (χ1n) is 8.86. The molecule has 4 rings (SSSR count). The second-order valence-electron chi connectivity index (χ2n) is 7.33. The van der Waals surface area contributed by atoms with Crippen LogP contribution in [-0.2, 0) is 9.47 Å². The summed E-state index contributed by atoms with van der Waals surface area (Å²) in [7, 11) is 1.72. The fraction of sp³-hybridized carbons (Fsp3) is 0.684.